The molecule has 3 heteroatoms. The summed E-state index contributed by atoms with van der Waals surface area (Å²) < 4.78 is 20.0. The van der Waals surface area contributed by atoms with Crippen LogP contribution < -0.4 is 5.32 Å². The summed E-state index contributed by atoms with van der Waals surface area (Å²) in [5.74, 6) is -0.200. The summed E-state index contributed by atoms with van der Waals surface area (Å²) in [5.41, 5.74) is 0.830. The molecule has 0 fully saturated rings. The molecule has 1 unspecified atom stereocenters. The maximum absolute atomic E-state index is 14.0. The average Bonchev–Trinajstić information content (AvgIpc) is 2.32. The van der Waals surface area contributed by atoms with Crippen LogP contribution in [0.5, 0.6) is 0 Å². The molecular weight excluding hydrogens is 265 g/mol. The molecule has 0 aliphatic heterocycles. The molecule has 1 aromatic rings. The molecule has 1 N–H and O–H groups in total. The maximum Gasteiger partial charge on any atom is 0.129 e. The molecular formula is C18H30FNO. The quantitative estimate of drug-likeness (QED) is 0.821. The zero-order valence-corrected chi connectivity index (χ0v) is 14.3. The van der Waals surface area contributed by atoms with Gasteiger partial charge in [-0.05, 0) is 38.7 Å². The monoisotopic (exact) mass is 295 g/mol. The standard InChI is InChI=1S/C18H30FNO/c1-17(2,3)11-12-21-16(13-20-18(4,5)6)14-9-7-8-10-15(14)19/h7-10,16,20H,11-13H2,1-6H3. The van der Waals surface area contributed by atoms with Gasteiger partial charge in [0.25, 0.3) is 0 Å². The van der Waals surface area contributed by atoms with Crippen molar-refractivity contribution in [3.05, 3.63) is 35.6 Å². The Balaban J connectivity index is 2.73. The third-order valence-electron chi connectivity index (χ3n) is 3.24. The number of ether oxygens (including phenoxy) is 1. The van der Waals surface area contributed by atoms with Gasteiger partial charge in [-0.3, -0.25) is 0 Å². The third-order valence-corrected chi connectivity index (χ3v) is 3.24. The molecule has 1 rings (SSSR count). The molecule has 0 heterocycles. The summed E-state index contributed by atoms with van der Waals surface area (Å²) in [5, 5.41) is 3.40. The Bertz CT molecular complexity index is 432. The van der Waals surface area contributed by atoms with E-state index < -0.39 is 0 Å². The molecule has 120 valence electrons. The summed E-state index contributed by atoms with van der Waals surface area (Å²) in [6.45, 7) is 14.1. The molecule has 0 amide bonds. The number of nitrogens with one attached hydrogen (secondary N) is 1. The Labute approximate surface area is 129 Å². The predicted octanol–water partition coefficient (Wildman–Crippen LogP) is 4.71. The molecule has 0 radical (unpaired) electrons. The zero-order valence-electron chi connectivity index (χ0n) is 14.3. The highest BCUT2D eigenvalue weighted by molar-refractivity contribution is 5.20. The molecule has 1 aromatic carbocycles. The second-order valence-electron chi connectivity index (χ2n) is 7.82. The van der Waals surface area contributed by atoms with Crippen LogP contribution in [-0.2, 0) is 4.74 Å². The van der Waals surface area contributed by atoms with E-state index in [4.69, 9.17) is 4.74 Å². The van der Waals surface area contributed by atoms with E-state index in [2.05, 4.69) is 46.9 Å². The van der Waals surface area contributed by atoms with Crippen molar-refractivity contribution in [3.8, 4) is 0 Å². The molecule has 0 saturated carbocycles. The Morgan fingerprint density at radius 3 is 2.24 bits per heavy atom. The minimum absolute atomic E-state index is 0.0170. The molecule has 0 spiro atoms. The van der Waals surface area contributed by atoms with Gasteiger partial charge in [-0.15, -0.1) is 0 Å². The van der Waals surface area contributed by atoms with Crippen molar-refractivity contribution >= 4 is 0 Å². The van der Waals surface area contributed by atoms with Gasteiger partial charge in [0.05, 0.1) is 6.10 Å². The SMILES string of the molecule is CC(C)(C)CCOC(CNC(C)(C)C)c1ccccc1F. The minimum Gasteiger partial charge on any atom is -0.372 e. The van der Waals surface area contributed by atoms with Crippen molar-refractivity contribution in [1.29, 1.82) is 0 Å². The Morgan fingerprint density at radius 1 is 1.10 bits per heavy atom. The van der Waals surface area contributed by atoms with Crippen LogP contribution in [0.15, 0.2) is 24.3 Å². The highest BCUT2D eigenvalue weighted by Crippen LogP contribution is 2.24. The van der Waals surface area contributed by atoms with E-state index in [9.17, 15) is 4.39 Å². The summed E-state index contributed by atoms with van der Waals surface area (Å²) in [6.07, 6.45) is 0.695. The maximum atomic E-state index is 14.0. The molecule has 0 aliphatic rings. The summed E-state index contributed by atoms with van der Waals surface area (Å²) in [7, 11) is 0. The fourth-order valence-electron chi connectivity index (χ4n) is 1.90. The third kappa shape index (κ3) is 7.58. The summed E-state index contributed by atoms with van der Waals surface area (Å²) >= 11 is 0. The Hall–Kier alpha value is -0.930. The first-order chi connectivity index (χ1) is 9.58. The van der Waals surface area contributed by atoms with Crippen LogP contribution in [0.3, 0.4) is 0 Å². The minimum atomic E-state index is -0.257. The van der Waals surface area contributed by atoms with Gasteiger partial charge in [0.15, 0.2) is 0 Å². The van der Waals surface area contributed by atoms with Gasteiger partial charge in [-0.1, -0.05) is 39.0 Å². The first-order valence-electron chi connectivity index (χ1n) is 7.69. The van der Waals surface area contributed by atoms with Crippen molar-refractivity contribution in [2.75, 3.05) is 13.2 Å². The van der Waals surface area contributed by atoms with Crippen molar-refractivity contribution in [2.24, 2.45) is 5.41 Å². The van der Waals surface area contributed by atoms with Crippen LogP contribution in [0, 0.1) is 11.2 Å². The molecule has 2 nitrogen and oxygen atoms in total. The largest absolute Gasteiger partial charge is 0.372 e. The highest BCUT2D eigenvalue weighted by Gasteiger charge is 2.20. The smallest absolute Gasteiger partial charge is 0.129 e. The van der Waals surface area contributed by atoms with Gasteiger partial charge in [-0.2, -0.15) is 0 Å². The number of benzene rings is 1. The zero-order chi connectivity index (χ0) is 16.1. The van der Waals surface area contributed by atoms with E-state index in [-0.39, 0.29) is 22.9 Å². The van der Waals surface area contributed by atoms with Crippen molar-refractivity contribution in [2.45, 2.75) is 59.6 Å². The van der Waals surface area contributed by atoms with Crippen LogP contribution in [0.25, 0.3) is 0 Å². The van der Waals surface area contributed by atoms with Crippen LogP contribution in [0.4, 0.5) is 4.39 Å². The van der Waals surface area contributed by atoms with Crippen LogP contribution in [-0.4, -0.2) is 18.7 Å². The lowest BCUT2D eigenvalue weighted by Crippen LogP contribution is -2.39. The topological polar surface area (TPSA) is 21.3 Å². The lowest BCUT2D eigenvalue weighted by molar-refractivity contribution is 0.0313. The average molecular weight is 295 g/mol. The first-order valence-corrected chi connectivity index (χ1v) is 7.69. The van der Waals surface area contributed by atoms with Gasteiger partial charge in [0.2, 0.25) is 0 Å². The van der Waals surface area contributed by atoms with E-state index in [0.717, 1.165) is 6.42 Å². The highest BCUT2D eigenvalue weighted by atomic mass is 19.1. The molecule has 21 heavy (non-hydrogen) atoms. The summed E-state index contributed by atoms with van der Waals surface area (Å²) in [4.78, 5) is 0. The van der Waals surface area contributed by atoms with Gasteiger partial charge >= 0.3 is 0 Å². The normalized spacial score (nSPS) is 14.2. The fraction of sp³-hybridized carbons (Fsp3) is 0.667. The van der Waals surface area contributed by atoms with Gasteiger partial charge in [0, 0.05) is 24.3 Å². The number of rotatable bonds is 6. The van der Waals surface area contributed by atoms with E-state index in [1.807, 2.05) is 6.07 Å². The van der Waals surface area contributed by atoms with Crippen LogP contribution in [0.2, 0.25) is 0 Å². The number of hydrogen-bond acceptors (Lipinski definition) is 2. The molecule has 0 saturated heterocycles. The van der Waals surface area contributed by atoms with Gasteiger partial charge in [-0.25, -0.2) is 4.39 Å². The Kier molecular flexibility index (Phi) is 6.36. The van der Waals surface area contributed by atoms with Crippen LogP contribution in [0.1, 0.15) is 59.6 Å². The fourth-order valence-corrected chi connectivity index (χ4v) is 1.90. The second-order valence-corrected chi connectivity index (χ2v) is 7.82. The number of halogens is 1. The van der Waals surface area contributed by atoms with Crippen molar-refractivity contribution < 1.29 is 9.13 Å². The van der Waals surface area contributed by atoms with E-state index in [1.165, 1.54) is 6.07 Å². The molecule has 0 aliphatic carbocycles. The van der Waals surface area contributed by atoms with E-state index in [1.54, 1.807) is 12.1 Å². The molecule has 0 aromatic heterocycles. The summed E-state index contributed by atoms with van der Waals surface area (Å²) in [6, 6.07) is 6.87. The van der Waals surface area contributed by atoms with Crippen molar-refractivity contribution in [3.63, 3.8) is 0 Å². The van der Waals surface area contributed by atoms with Gasteiger partial charge in [0.1, 0.15) is 5.82 Å². The second kappa shape index (κ2) is 7.37. The van der Waals surface area contributed by atoms with E-state index in [0.29, 0.717) is 18.7 Å². The molecule has 0 bridgehead atoms. The van der Waals surface area contributed by atoms with Crippen molar-refractivity contribution in [1.82, 2.24) is 5.32 Å². The Morgan fingerprint density at radius 2 is 1.71 bits per heavy atom. The van der Waals surface area contributed by atoms with Crippen LogP contribution >= 0.6 is 0 Å². The number of hydrogen-bond donors (Lipinski definition) is 1. The predicted molar refractivity (Wildman–Crippen MR) is 86.9 cm³/mol. The lowest BCUT2D eigenvalue weighted by atomic mass is 9.93. The van der Waals surface area contributed by atoms with E-state index >= 15 is 0 Å². The van der Waals surface area contributed by atoms with Gasteiger partial charge < -0.3 is 10.1 Å². The lowest BCUT2D eigenvalue weighted by Gasteiger charge is -2.27. The molecule has 1 atom stereocenters. The first kappa shape index (κ1) is 18.1.